The van der Waals surface area contributed by atoms with Crippen LogP contribution in [0.1, 0.15) is 26.3 Å². The van der Waals surface area contributed by atoms with Gasteiger partial charge in [0.05, 0.1) is 0 Å². The van der Waals surface area contributed by atoms with Crippen LogP contribution in [-0.4, -0.2) is 35.4 Å². The van der Waals surface area contributed by atoms with E-state index >= 15 is 0 Å². The minimum atomic E-state index is -0.597. The van der Waals surface area contributed by atoms with Gasteiger partial charge in [-0.3, -0.25) is 9.59 Å². The first kappa shape index (κ1) is 21.2. The molecule has 2 amide bonds. The molecule has 0 saturated heterocycles. The van der Waals surface area contributed by atoms with Crippen LogP contribution < -0.4 is 10.1 Å². The van der Waals surface area contributed by atoms with Gasteiger partial charge >= 0.3 is 0 Å². The van der Waals surface area contributed by atoms with Crippen molar-refractivity contribution in [1.82, 2.24) is 10.2 Å². The van der Waals surface area contributed by atoms with E-state index in [9.17, 15) is 9.59 Å². The van der Waals surface area contributed by atoms with Gasteiger partial charge in [0.15, 0.2) is 6.61 Å². The zero-order valence-corrected chi connectivity index (χ0v) is 18.0. The Balaban J connectivity index is 2.10. The summed E-state index contributed by atoms with van der Waals surface area (Å²) in [4.78, 5) is 26.8. The lowest BCUT2D eigenvalue weighted by Gasteiger charge is -2.29. The van der Waals surface area contributed by atoms with Crippen molar-refractivity contribution in [3.63, 3.8) is 0 Å². The molecule has 6 heteroatoms. The Morgan fingerprint density at radius 2 is 1.67 bits per heavy atom. The van der Waals surface area contributed by atoms with Crippen molar-refractivity contribution in [2.45, 2.75) is 39.4 Å². The maximum absolute atomic E-state index is 12.8. The van der Waals surface area contributed by atoms with Gasteiger partial charge in [0.25, 0.3) is 5.91 Å². The SMILES string of the molecule is CC(C)NC(=O)[C@H](C)N(Cc1ccccc1)C(=O)COc1ccc(I)cc1. The fraction of sp³-hybridized carbons (Fsp3) is 0.333. The maximum atomic E-state index is 12.8. The number of nitrogens with zero attached hydrogens (tertiary/aromatic N) is 1. The van der Waals surface area contributed by atoms with Crippen LogP contribution in [-0.2, 0) is 16.1 Å². The van der Waals surface area contributed by atoms with Gasteiger partial charge in [0.2, 0.25) is 5.91 Å². The topological polar surface area (TPSA) is 58.6 Å². The van der Waals surface area contributed by atoms with Crippen LogP contribution in [0.15, 0.2) is 54.6 Å². The van der Waals surface area contributed by atoms with Crippen LogP contribution in [0.2, 0.25) is 0 Å². The van der Waals surface area contributed by atoms with Crippen molar-refractivity contribution >= 4 is 34.4 Å². The standard InChI is InChI=1S/C21H25IN2O3/c1-15(2)23-21(26)16(3)24(13-17-7-5-4-6-8-17)20(25)14-27-19-11-9-18(22)10-12-19/h4-12,15-16H,13-14H2,1-3H3,(H,23,26)/t16-/m0/s1. The number of benzene rings is 2. The highest BCUT2D eigenvalue weighted by Crippen LogP contribution is 2.15. The molecule has 1 N–H and O–H groups in total. The second-order valence-electron chi connectivity index (χ2n) is 6.59. The lowest BCUT2D eigenvalue weighted by molar-refractivity contribution is -0.142. The van der Waals surface area contributed by atoms with E-state index in [-0.39, 0.29) is 24.5 Å². The number of nitrogens with one attached hydrogen (secondary N) is 1. The van der Waals surface area contributed by atoms with Crippen LogP contribution in [0.3, 0.4) is 0 Å². The molecule has 5 nitrogen and oxygen atoms in total. The molecule has 0 radical (unpaired) electrons. The molecule has 1 atom stereocenters. The summed E-state index contributed by atoms with van der Waals surface area (Å²) < 4.78 is 6.72. The predicted molar refractivity (Wildman–Crippen MR) is 114 cm³/mol. The van der Waals surface area contributed by atoms with E-state index in [1.165, 1.54) is 0 Å². The highest BCUT2D eigenvalue weighted by Gasteiger charge is 2.26. The first-order chi connectivity index (χ1) is 12.9. The maximum Gasteiger partial charge on any atom is 0.261 e. The molecule has 0 aromatic heterocycles. The number of carbonyl (C=O) groups is 2. The van der Waals surface area contributed by atoms with Crippen LogP contribution in [0.25, 0.3) is 0 Å². The molecule has 2 aromatic rings. The minimum Gasteiger partial charge on any atom is -0.484 e. The number of rotatable bonds is 8. The monoisotopic (exact) mass is 480 g/mol. The van der Waals surface area contributed by atoms with Crippen molar-refractivity contribution in [3.05, 3.63) is 63.7 Å². The highest BCUT2D eigenvalue weighted by atomic mass is 127. The molecule has 0 heterocycles. The Hall–Kier alpha value is -2.09. The number of ether oxygens (including phenoxy) is 1. The van der Waals surface area contributed by atoms with E-state index in [4.69, 9.17) is 4.74 Å². The third-order valence-electron chi connectivity index (χ3n) is 3.97. The average molecular weight is 480 g/mol. The third-order valence-corrected chi connectivity index (χ3v) is 4.69. The number of amides is 2. The molecule has 0 spiro atoms. The minimum absolute atomic E-state index is 0.0108. The van der Waals surface area contributed by atoms with Crippen LogP contribution in [0.4, 0.5) is 0 Å². The van der Waals surface area contributed by atoms with Crippen LogP contribution >= 0.6 is 22.6 Å². The molecule has 27 heavy (non-hydrogen) atoms. The van der Waals surface area contributed by atoms with Crippen molar-refractivity contribution in [1.29, 1.82) is 0 Å². The molecule has 0 bridgehead atoms. The first-order valence-electron chi connectivity index (χ1n) is 8.89. The smallest absolute Gasteiger partial charge is 0.261 e. The van der Waals surface area contributed by atoms with Gasteiger partial charge in [-0.25, -0.2) is 0 Å². The molecule has 0 aliphatic rings. The fourth-order valence-electron chi connectivity index (χ4n) is 2.53. The molecular weight excluding hydrogens is 455 g/mol. The summed E-state index contributed by atoms with van der Waals surface area (Å²) in [6, 6.07) is 16.5. The van der Waals surface area contributed by atoms with Gasteiger partial charge in [-0.1, -0.05) is 30.3 Å². The molecule has 2 aromatic carbocycles. The van der Waals surface area contributed by atoms with E-state index < -0.39 is 6.04 Å². The Morgan fingerprint density at radius 1 is 1.04 bits per heavy atom. The van der Waals surface area contributed by atoms with E-state index in [1.807, 2.05) is 68.4 Å². The Morgan fingerprint density at radius 3 is 2.26 bits per heavy atom. The fourth-order valence-corrected chi connectivity index (χ4v) is 2.89. The number of hydrogen-bond donors (Lipinski definition) is 1. The van der Waals surface area contributed by atoms with Gasteiger partial charge in [0, 0.05) is 16.2 Å². The van der Waals surface area contributed by atoms with Gasteiger partial charge in [-0.05, 0) is 73.2 Å². The zero-order chi connectivity index (χ0) is 19.8. The highest BCUT2D eigenvalue weighted by molar-refractivity contribution is 14.1. The molecule has 0 aliphatic carbocycles. The van der Waals surface area contributed by atoms with Gasteiger partial charge in [-0.2, -0.15) is 0 Å². The van der Waals surface area contributed by atoms with E-state index in [1.54, 1.807) is 11.8 Å². The zero-order valence-electron chi connectivity index (χ0n) is 15.8. The summed E-state index contributed by atoms with van der Waals surface area (Å²) in [5, 5.41) is 2.87. The quantitative estimate of drug-likeness (QED) is 0.588. The van der Waals surface area contributed by atoms with Gasteiger partial charge in [0.1, 0.15) is 11.8 Å². The lowest BCUT2D eigenvalue weighted by atomic mass is 10.1. The van der Waals surface area contributed by atoms with E-state index in [2.05, 4.69) is 27.9 Å². The predicted octanol–water partition coefficient (Wildman–Crippen LogP) is 3.61. The van der Waals surface area contributed by atoms with E-state index in [0.29, 0.717) is 12.3 Å². The summed E-state index contributed by atoms with van der Waals surface area (Å²) >= 11 is 2.21. The van der Waals surface area contributed by atoms with E-state index in [0.717, 1.165) is 9.13 Å². The summed E-state index contributed by atoms with van der Waals surface area (Å²) in [5.41, 5.74) is 0.962. The average Bonchev–Trinajstić information content (AvgIpc) is 2.65. The Kier molecular flexibility index (Phi) is 8.09. The first-order valence-corrected chi connectivity index (χ1v) is 9.97. The summed E-state index contributed by atoms with van der Waals surface area (Å²) in [6.07, 6.45) is 0. The Labute approximate surface area is 174 Å². The van der Waals surface area contributed by atoms with Crippen LogP contribution in [0.5, 0.6) is 5.75 Å². The third kappa shape index (κ3) is 6.86. The molecule has 0 fully saturated rings. The normalized spacial score (nSPS) is 11.7. The van der Waals surface area contributed by atoms with Gasteiger partial charge in [-0.15, -0.1) is 0 Å². The summed E-state index contributed by atoms with van der Waals surface area (Å²) in [7, 11) is 0. The lowest BCUT2D eigenvalue weighted by Crippen LogP contribution is -2.50. The second-order valence-corrected chi connectivity index (χ2v) is 7.83. The van der Waals surface area contributed by atoms with Crippen molar-refractivity contribution in [2.75, 3.05) is 6.61 Å². The van der Waals surface area contributed by atoms with Crippen LogP contribution in [0, 0.1) is 3.57 Å². The number of halogens is 1. The second kappa shape index (κ2) is 10.3. The molecule has 0 unspecified atom stereocenters. The molecular formula is C21H25IN2O3. The molecule has 0 saturated carbocycles. The largest absolute Gasteiger partial charge is 0.484 e. The number of hydrogen-bond acceptors (Lipinski definition) is 3. The summed E-state index contributed by atoms with van der Waals surface area (Å²) in [6.45, 7) is 5.76. The summed E-state index contributed by atoms with van der Waals surface area (Å²) in [5.74, 6) is 0.218. The van der Waals surface area contributed by atoms with Crippen molar-refractivity contribution in [2.24, 2.45) is 0 Å². The molecule has 0 aliphatic heterocycles. The van der Waals surface area contributed by atoms with Crippen molar-refractivity contribution < 1.29 is 14.3 Å². The molecule has 144 valence electrons. The number of carbonyl (C=O) groups excluding carboxylic acids is 2. The molecule has 2 rings (SSSR count). The van der Waals surface area contributed by atoms with Gasteiger partial charge < -0.3 is 15.0 Å². The Bertz CT molecular complexity index is 748. The van der Waals surface area contributed by atoms with Crippen molar-refractivity contribution in [3.8, 4) is 5.75 Å².